The lowest BCUT2D eigenvalue weighted by molar-refractivity contribution is -0.137. The van der Waals surface area contributed by atoms with Crippen LogP contribution in [0.4, 0.5) is 0 Å². The summed E-state index contributed by atoms with van der Waals surface area (Å²) in [6.45, 7) is 0. The monoisotopic (exact) mass is 232 g/mol. The number of carbonyl (C=O) groups is 1. The summed E-state index contributed by atoms with van der Waals surface area (Å²) >= 11 is 0. The molecule has 0 radical (unpaired) electrons. The summed E-state index contributed by atoms with van der Waals surface area (Å²) in [6.07, 6.45) is 0.440. The number of carboxylic acid groups (broad SMARTS) is 1. The van der Waals surface area contributed by atoms with Crippen molar-refractivity contribution in [3.63, 3.8) is 0 Å². The highest BCUT2D eigenvalue weighted by Gasteiger charge is 2.06. The number of aryl methyl sites for hydroxylation is 1. The number of aromatic hydroxyl groups is 1. The van der Waals surface area contributed by atoms with Gasteiger partial charge in [0.1, 0.15) is 17.3 Å². The molecule has 0 fully saturated rings. The lowest BCUT2D eigenvalue weighted by atomic mass is 10.2. The van der Waals surface area contributed by atoms with Gasteiger partial charge in [0.15, 0.2) is 0 Å². The van der Waals surface area contributed by atoms with E-state index >= 15 is 0 Å². The van der Waals surface area contributed by atoms with E-state index in [-0.39, 0.29) is 12.2 Å². The molecule has 0 unspecified atom stereocenters. The van der Waals surface area contributed by atoms with Crippen LogP contribution in [0.3, 0.4) is 0 Å². The van der Waals surface area contributed by atoms with Crippen LogP contribution in [-0.2, 0) is 11.2 Å². The van der Waals surface area contributed by atoms with Crippen LogP contribution < -0.4 is 0 Å². The Morgan fingerprint density at radius 1 is 1.12 bits per heavy atom. The largest absolute Gasteiger partial charge is 0.508 e. The van der Waals surface area contributed by atoms with E-state index in [1.54, 1.807) is 36.4 Å². The minimum absolute atomic E-state index is 0.0581. The third-order valence-electron chi connectivity index (χ3n) is 2.40. The smallest absolute Gasteiger partial charge is 0.303 e. The Hall–Kier alpha value is -2.23. The standard InChI is InChI=1S/C13H12O4/c14-10-3-1-9(2-4-10)12-7-5-11(17-12)6-8-13(15)16/h1-5,7,14H,6,8H2,(H,15,16). The first-order valence-electron chi connectivity index (χ1n) is 5.25. The van der Waals surface area contributed by atoms with Crippen molar-refractivity contribution in [2.24, 2.45) is 0 Å². The van der Waals surface area contributed by atoms with Crippen molar-refractivity contribution in [3.05, 3.63) is 42.2 Å². The Kier molecular flexibility index (Phi) is 3.14. The molecule has 0 aliphatic carbocycles. The second-order valence-electron chi connectivity index (χ2n) is 3.71. The molecule has 1 aromatic carbocycles. The zero-order valence-electron chi connectivity index (χ0n) is 9.09. The summed E-state index contributed by atoms with van der Waals surface area (Å²) in [6, 6.07) is 10.2. The van der Waals surface area contributed by atoms with Gasteiger partial charge >= 0.3 is 5.97 Å². The molecule has 88 valence electrons. The van der Waals surface area contributed by atoms with Gasteiger partial charge < -0.3 is 14.6 Å². The molecular formula is C13H12O4. The molecule has 0 aliphatic heterocycles. The second kappa shape index (κ2) is 4.74. The lowest BCUT2D eigenvalue weighted by Crippen LogP contribution is -1.96. The van der Waals surface area contributed by atoms with Crippen molar-refractivity contribution in [1.29, 1.82) is 0 Å². The van der Waals surface area contributed by atoms with Crippen LogP contribution >= 0.6 is 0 Å². The van der Waals surface area contributed by atoms with Crippen molar-refractivity contribution in [2.75, 3.05) is 0 Å². The topological polar surface area (TPSA) is 70.7 Å². The summed E-state index contributed by atoms with van der Waals surface area (Å²) in [5.41, 5.74) is 0.851. The number of phenols is 1. The maximum atomic E-state index is 10.4. The van der Waals surface area contributed by atoms with Crippen LogP contribution in [0.2, 0.25) is 0 Å². The molecule has 0 saturated carbocycles. The number of phenolic OH excluding ortho intramolecular Hbond substituents is 1. The minimum Gasteiger partial charge on any atom is -0.508 e. The average Bonchev–Trinajstić information content (AvgIpc) is 2.76. The molecule has 0 atom stereocenters. The van der Waals surface area contributed by atoms with Crippen LogP contribution in [0.1, 0.15) is 12.2 Å². The van der Waals surface area contributed by atoms with Crippen LogP contribution in [0.15, 0.2) is 40.8 Å². The summed E-state index contributed by atoms with van der Waals surface area (Å²) < 4.78 is 5.51. The van der Waals surface area contributed by atoms with Gasteiger partial charge in [-0.15, -0.1) is 0 Å². The molecule has 0 spiro atoms. The molecule has 17 heavy (non-hydrogen) atoms. The molecule has 4 heteroatoms. The molecule has 0 amide bonds. The maximum absolute atomic E-state index is 10.4. The van der Waals surface area contributed by atoms with Crippen molar-refractivity contribution >= 4 is 5.97 Å². The minimum atomic E-state index is -0.840. The Bertz CT molecular complexity index is 510. The molecule has 2 aromatic rings. The van der Waals surface area contributed by atoms with Crippen molar-refractivity contribution in [2.45, 2.75) is 12.8 Å². The molecule has 2 rings (SSSR count). The van der Waals surface area contributed by atoms with E-state index in [0.29, 0.717) is 17.9 Å². The average molecular weight is 232 g/mol. The molecule has 0 bridgehead atoms. The fourth-order valence-corrected chi connectivity index (χ4v) is 1.52. The summed E-state index contributed by atoms with van der Waals surface area (Å²) in [5.74, 6) is 0.680. The van der Waals surface area contributed by atoms with Crippen molar-refractivity contribution in [1.82, 2.24) is 0 Å². The van der Waals surface area contributed by atoms with E-state index in [1.165, 1.54) is 0 Å². The Labute approximate surface area is 98.1 Å². The van der Waals surface area contributed by atoms with Crippen molar-refractivity contribution < 1.29 is 19.4 Å². The van der Waals surface area contributed by atoms with Crippen LogP contribution in [0, 0.1) is 0 Å². The molecule has 4 nitrogen and oxygen atoms in total. The number of benzene rings is 1. The van der Waals surface area contributed by atoms with E-state index in [9.17, 15) is 4.79 Å². The van der Waals surface area contributed by atoms with Crippen LogP contribution in [0.5, 0.6) is 5.75 Å². The van der Waals surface area contributed by atoms with Gasteiger partial charge in [-0.25, -0.2) is 0 Å². The predicted molar refractivity (Wildman–Crippen MR) is 61.8 cm³/mol. The molecular weight excluding hydrogens is 220 g/mol. The molecule has 0 aliphatic rings. The number of hydrogen-bond donors (Lipinski definition) is 2. The third kappa shape index (κ3) is 2.87. The highest BCUT2D eigenvalue weighted by molar-refractivity contribution is 5.67. The molecule has 2 N–H and O–H groups in total. The SMILES string of the molecule is O=C(O)CCc1ccc(-c2ccc(O)cc2)o1. The van der Waals surface area contributed by atoms with Gasteiger partial charge in [-0.05, 0) is 36.4 Å². The van der Waals surface area contributed by atoms with E-state index in [4.69, 9.17) is 14.6 Å². The first-order chi connectivity index (χ1) is 8.15. The lowest BCUT2D eigenvalue weighted by Gasteiger charge is -1.97. The van der Waals surface area contributed by atoms with Gasteiger partial charge in [0.25, 0.3) is 0 Å². The van der Waals surface area contributed by atoms with E-state index in [2.05, 4.69) is 0 Å². The summed E-state index contributed by atoms with van der Waals surface area (Å²) in [5, 5.41) is 17.7. The van der Waals surface area contributed by atoms with Gasteiger partial charge in [0, 0.05) is 12.0 Å². The Balaban J connectivity index is 2.12. The number of carboxylic acids is 1. The predicted octanol–water partition coefficient (Wildman–Crippen LogP) is 2.67. The van der Waals surface area contributed by atoms with Gasteiger partial charge in [-0.3, -0.25) is 4.79 Å². The first kappa shape index (κ1) is 11.3. The number of rotatable bonds is 4. The van der Waals surface area contributed by atoms with E-state index in [1.807, 2.05) is 0 Å². The highest BCUT2D eigenvalue weighted by atomic mass is 16.4. The summed E-state index contributed by atoms with van der Waals surface area (Å²) in [4.78, 5) is 10.4. The van der Waals surface area contributed by atoms with Crippen LogP contribution in [-0.4, -0.2) is 16.2 Å². The third-order valence-corrected chi connectivity index (χ3v) is 2.40. The van der Waals surface area contributed by atoms with Crippen LogP contribution in [0.25, 0.3) is 11.3 Å². The highest BCUT2D eigenvalue weighted by Crippen LogP contribution is 2.24. The number of furan rings is 1. The van der Waals surface area contributed by atoms with Gasteiger partial charge in [-0.1, -0.05) is 0 Å². The number of aliphatic carboxylic acids is 1. The van der Waals surface area contributed by atoms with E-state index < -0.39 is 5.97 Å². The fourth-order valence-electron chi connectivity index (χ4n) is 1.52. The Morgan fingerprint density at radius 3 is 2.47 bits per heavy atom. The fraction of sp³-hybridized carbons (Fsp3) is 0.154. The molecule has 1 heterocycles. The van der Waals surface area contributed by atoms with E-state index in [0.717, 1.165) is 5.56 Å². The van der Waals surface area contributed by atoms with Crippen molar-refractivity contribution in [3.8, 4) is 17.1 Å². The quantitative estimate of drug-likeness (QED) is 0.850. The van der Waals surface area contributed by atoms with Gasteiger partial charge in [-0.2, -0.15) is 0 Å². The maximum Gasteiger partial charge on any atom is 0.303 e. The normalized spacial score (nSPS) is 10.4. The summed E-state index contributed by atoms with van der Waals surface area (Å²) in [7, 11) is 0. The van der Waals surface area contributed by atoms with Gasteiger partial charge in [0.05, 0.1) is 6.42 Å². The Morgan fingerprint density at radius 2 is 1.82 bits per heavy atom. The second-order valence-corrected chi connectivity index (χ2v) is 3.71. The zero-order valence-corrected chi connectivity index (χ0v) is 9.09. The van der Waals surface area contributed by atoms with Gasteiger partial charge in [0.2, 0.25) is 0 Å². The molecule has 0 saturated heterocycles. The first-order valence-corrected chi connectivity index (χ1v) is 5.25. The molecule has 1 aromatic heterocycles. The zero-order chi connectivity index (χ0) is 12.3. The number of hydrogen-bond acceptors (Lipinski definition) is 3.